The zero-order valence-electron chi connectivity index (χ0n) is 15.7. The minimum Gasteiger partial charge on any atom is -0.484 e. The molecule has 0 aliphatic heterocycles. The smallest absolute Gasteiger partial charge is 0.307 e. The van der Waals surface area contributed by atoms with Crippen molar-refractivity contribution in [2.75, 3.05) is 32.8 Å². The van der Waals surface area contributed by atoms with E-state index in [0.29, 0.717) is 31.9 Å². The van der Waals surface area contributed by atoms with Crippen molar-refractivity contribution >= 4 is 17.8 Å². The number of amides is 2. The Hall–Kier alpha value is -2.57. The molecule has 0 heterocycles. The second-order valence-electron chi connectivity index (χ2n) is 5.87. The lowest BCUT2D eigenvalue weighted by molar-refractivity contribution is -0.144. The van der Waals surface area contributed by atoms with Gasteiger partial charge in [0.05, 0.1) is 13.0 Å². The highest BCUT2D eigenvalue weighted by Crippen LogP contribution is 2.11. The number of nitrogens with zero attached hydrogens (tertiary/aromatic N) is 1. The molecule has 0 spiro atoms. The second-order valence-corrected chi connectivity index (χ2v) is 5.87. The van der Waals surface area contributed by atoms with Crippen LogP contribution in [0.15, 0.2) is 24.3 Å². The summed E-state index contributed by atoms with van der Waals surface area (Å²) in [6, 6.07) is 7.43. The quantitative estimate of drug-likeness (QED) is 0.477. The summed E-state index contributed by atoms with van der Waals surface area (Å²) >= 11 is 0. The van der Waals surface area contributed by atoms with Crippen molar-refractivity contribution in [3.63, 3.8) is 0 Å². The Labute approximate surface area is 154 Å². The number of rotatable bonds is 11. The van der Waals surface area contributed by atoms with Gasteiger partial charge < -0.3 is 19.7 Å². The highest BCUT2D eigenvalue weighted by atomic mass is 16.5. The summed E-state index contributed by atoms with van der Waals surface area (Å²) in [6.07, 6.45) is 0.725. The van der Waals surface area contributed by atoms with Gasteiger partial charge in [0.15, 0.2) is 6.61 Å². The van der Waals surface area contributed by atoms with Crippen LogP contribution in [0.1, 0.15) is 32.3 Å². The third-order valence-electron chi connectivity index (χ3n) is 3.61. The summed E-state index contributed by atoms with van der Waals surface area (Å²) in [6.45, 7) is 6.52. The van der Waals surface area contributed by atoms with Gasteiger partial charge in [-0.2, -0.15) is 0 Å². The number of carbonyl (C=O) groups is 3. The van der Waals surface area contributed by atoms with Gasteiger partial charge in [-0.3, -0.25) is 14.4 Å². The van der Waals surface area contributed by atoms with Crippen LogP contribution < -0.4 is 10.1 Å². The molecule has 1 aromatic rings. The first-order valence-electron chi connectivity index (χ1n) is 8.79. The molecule has 0 aliphatic rings. The second kappa shape index (κ2) is 11.9. The summed E-state index contributed by atoms with van der Waals surface area (Å²) < 4.78 is 10.4. The Balaban J connectivity index is 2.53. The lowest BCUT2D eigenvalue weighted by atomic mass is 10.2. The van der Waals surface area contributed by atoms with Gasteiger partial charge in [-0.1, -0.05) is 17.7 Å². The van der Waals surface area contributed by atoms with Gasteiger partial charge >= 0.3 is 5.97 Å². The van der Waals surface area contributed by atoms with Crippen LogP contribution in [0.4, 0.5) is 0 Å². The monoisotopic (exact) mass is 364 g/mol. The topological polar surface area (TPSA) is 84.9 Å². The molecule has 0 aliphatic carbocycles. The molecule has 2 amide bonds. The number of carbonyl (C=O) groups excluding carboxylic acids is 3. The van der Waals surface area contributed by atoms with Crippen LogP contribution in [-0.2, 0) is 19.1 Å². The average molecular weight is 364 g/mol. The fourth-order valence-corrected chi connectivity index (χ4v) is 2.23. The molecular weight excluding hydrogens is 336 g/mol. The van der Waals surface area contributed by atoms with Crippen LogP contribution in [0.2, 0.25) is 0 Å². The van der Waals surface area contributed by atoms with Gasteiger partial charge in [0.25, 0.3) is 5.91 Å². The fourth-order valence-electron chi connectivity index (χ4n) is 2.23. The maximum absolute atomic E-state index is 12.4. The van der Waals surface area contributed by atoms with E-state index in [1.54, 1.807) is 11.8 Å². The molecule has 1 aromatic carbocycles. The van der Waals surface area contributed by atoms with E-state index in [-0.39, 0.29) is 37.4 Å². The molecule has 0 bridgehead atoms. The third kappa shape index (κ3) is 9.05. The first-order chi connectivity index (χ1) is 12.4. The lowest BCUT2D eigenvalue weighted by Crippen LogP contribution is -2.38. The fraction of sp³-hybridized carbons (Fsp3) is 0.526. The number of esters is 1. The molecule has 0 unspecified atom stereocenters. The van der Waals surface area contributed by atoms with Crippen molar-refractivity contribution in [1.82, 2.24) is 10.2 Å². The van der Waals surface area contributed by atoms with Crippen molar-refractivity contribution in [3.8, 4) is 5.75 Å². The van der Waals surface area contributed by atoms with Crippen molar-refractivity contribution in [1.29, 1.82) is 0 Å². The number of nitrogens with one attached hydrogen (secondary N) is 1. The normalized spacial score (nSPS) is 10.1. The summed E-state index contributed by atoms with van der Waals surface area (Å²) in [5, 5.41) is 2.69. The van der Waals surface area contributed by atoms with E-state index in [2.05, 4.69) is 5.32 Å². The standard InChI is InChI=1S/C19H28N2O5/c1-4-25-19(24)10-13-21(12-5-11-20-16(3)22)18(23)14-26-17-8-6-15(2)7-9-17/h6-9H,4-5,10-14H2,1-3H3,(H,20,22). The van der Waals surface area contributed by atoms with Crippen molar-refractivity contribution in [2.45, 2.75) is 33.6 Å². The molecule has 26 heavy (non-hydrogen) atoms. The summed E-state index contributed by atoms with van der Waals surface area (Å²) in [5.74, 6) is -0.0473. The Morgan fingerprint density at radius 3 is 2.42 bits per heavy atom. The molecule has 0 fully saturated rings. The number of hydrogen-bond acceptors (Lipinski definition) is 5. The maximum Gasteiger partial charge on any atom is 0.307 e. The SMILES string of the molecule is CCOC(=O)CCN(CCCNC(C)=O)C(=O)COc1ccc(C)cc1. The minimum atomic E-state index is -0.341. The molecule has 1 N–H and O–H groups in total. The van der Waals surface area contributed by atoms with Crippen LogP contribution >= 0.6 is 0 Å². The van der Waals surface area contributed by atoms with Crippen LogP contribution in [0.3, 0.4) is 0 Å². The first-order valence-corrected chi connectivity index (χ1v) is 8.79. The zero-order chi connectivity index (χ0) is 19.4. The molecule has 144 valence electrons. The minimum absolute atomic E-state index is 0.105. The Bertz CT molecular complexity index is 586. The predicted octanol–water partition coefficient (Wildman–Crippen LogP) is 1.68. The molecule has 0 saturated carbocycles. The number of hydrogen-bond donors (Lipinski definition) is 1. The Morgan fingerprint density at radius 2 is 1.81 bits per heavy atom. The van der Waals surface area contributed by atoms with E-state index in [4.69, 9.17) is 9.47 Å². The maximum atomic E-state index is 12.4. The lowest BCUT2D eigenvalue weighted by Gasteiger charge is -2.22. The number of ether oxygens (including phenoxy) is 2. The largest absolute Gasteiger partial charge is 0.484 e. The summed E-state index contributed by atoms with van der Waals surface area (Å²) in [7, 11) is 0. The molecule has 0 aromatic heterocycles. The van der Waals surface area contributed by atoms with Crippen molar-refractivity contribution in [2.24, 2.45) is 0 Å². The highest BCUT2D eigenvalue weighted by Gasteiger charge is 2.16. The first kappa shape index (κ1) is 21.5. The molecule has 7 nitrogen and oxygen atoms in total. The van der Waals surface area contributed by atoms with Gasteiger partial charge in [0.2, 0.25) is 5.91 Å². The van der Waals surface area contributed by atoms with E-state index in [9.17, 15) is 14.4 Å². The van der Waals surface area contributed by atoms with Crippen LogP contribution in [0.5, 0.6) is 5.75 Å². The average Bonchev–Trinajstić information content (AvgIpc) is 2.60. The van der Waals surface area contributed by atoms with Gasteiger partial charge in [-0.05, 0) is 32.4 Å². The molecule has 0 saturated heterocycles. The van der Waals surface area contributed by atoms with E-state index >= 15 is 0 Å². The van der Waals surface area contributed by atoms with Gasteiger partial charge in [0.1, 0.15) is 5.75 Å². The zero-order valence-corrected chi connectivity index (χ0v) is 15.7. The number of benzene rings is 1. The summed E-state index contributed by atoms with van der Waals surface area (Å²) in [4.78, 5) is 36.5. The third-order valence-corrected chi connectivity index (χ3v) is 3.61. The molecule has 0 radical (unpaired) electrons. The van der Waals surface area contributed by atoms with E-state index in [1.807, 2.05) is 31.2 Å². The molecule has 1 rings (SSSR count). The summed E-state index contributed by atoms with van der Waals surface area (Å²) in [5.41, 5.74) is 1.11. The Kier molecular flexibility index (Phi) is 9.82. The number of aryl methyl sites for hydroxylation is 1. The van der Waals surface area contributed by atoms with Gasteiger partial charge in [0, 0.05) is 26.6 Å². The predicted molar refractivity (Wildman–Crippen MR) is 97.8 cm³/mol. The van der Waals surface area contributed by atoms with Crippen molar-refractivity contribution in [3.05, 3.63) is 29.8 Å². The molecular formula is C19H28N2O5. The van der Waals surface area contributed by atoms with Gasteiger partial charge in [-0.15, -0.1) is 0 Å². The molecule has 7 heteroatoms. The van der Waals surface area contributed by atoms with Gasteiger partial charge in [-0.25, -0.2) is 0 Å². The highest BCUT2D eigenvalue weighted by molar-refractivity contribution is 5.78. The molecule has 0 atom stereocenters. The van der Waals surface area contributed by atoms with E-state index in [0.717, 1.165) is 5.56 Å². The van der Waals surface area contributed by atoms with Crippen LogP contribution in [-0.4, -0.2) is 55.5 Å². The van der Waals surface area contributed by atoms with Crippen molar-refractivity contribution < 1.29 is 23.9 Å². The van der Waals surface area contributed by atoms with Crippen LogP contribution in [0, 0.1) is 6.92 Å². The van der Waals surface area contributed by atoms with Crippen LogP contribution in [0.25, 0.3) is 0 Å². The van der Waals surface area contributed by atoms with E-state index < -0.39 is 0 Å². The van der Waals surface area contributed by atoms with E-state index in [1.165, 1.54) is 6.92 Å². The Morgan fingerprint density at radius 1 is 1.12 bits per heavy atom.